The molecule has 0 bridgehead atoms. The van der Waals surface area contributed by atoms with Crippen molar-refractivity contribution < 1.29 is 18.3 Å². The van der Waals surface area contributed by atoms with Crippen LogP contribution >= 0.6 is 0 Å². The smallest absolute Gasteiger partial charge is 0.303 e. The molecule has 0 aliphatic carbocycles. The van der Waals surface area contributed by atoms with Crippen molar-refractivity contribution in [3.8, 4) is 0 Å². The minimum absolute atomic E-state index is 0.202. The van der Waals surface area contributed by atoms with Gasteiger partial charge in [-0.1, -0.05) is 6.42 Å². The molecule has 1 unspecified atom stereocenters. The standard InChI is InChI=1S/C12H23NO4S/c1-18(16,17)10-4-9-13-8-3-2-5-11(13)6-7-12(14)15/h11H,2-10H2,1H3,(H,14,15). The third kappa shape index (κ3) is 6.35. The van der Waals surface area contributed by atoms with Gasteiger partial charge in [0.05, 0.1) is 5.75 Å². The Bertz CT molecular complexity index is 366. The maximum atomic E-state index is 11.1. The first-order valence-corrected chi connectivity index (χ1v) is 8.58. The summed E-state index contributed by atoms with van der Waals surface area (Å²) in [7, 11) is -2.89. The molecule has 1 saturated heterocycles. The highest BCUT2D eigenvalue weighted by molar-refractivity contribution is 7.90. The molecule has 1 rings (SSSR count). The van der Waals surface area contributed by atoms with Crippen LogP contribution in [0.15, 0.2) is 0 Å². The first kappa shape index (κ1) is 15.4. The van der Waals surface area contributed by atoms with Crippen LogP contribution in [-0.4, -0.2) is 55.5 Å². The molecular weight excluding hydrogens is 254 g/mol. The van der Waals surface area contributed by atoms with Gasteiger partial charge in [0.15, 0.2) is 0 Å². The average molecular weight is 277 g/mol. The van der Waals surface area contributed by atoms with E-state index in [-0.39, 0.29) is 12.2 Å². The Kier molecular flexibility index (Phi) is 6.08. The maximum Gasteiger partial charge on any atom is 0.303 e. The van der Waals surface area contributed by atoms with Crippen molar-refractivity contribution in [3.63, 3.8) is 0 Å². The minimum Gasteiger partial charge on any atom is -0.481 e. The predicted octanol–water partition coefficient (Wildman–Crippen LogP) is 1.14. The largest absolute Gasteiger partial charge is 0.481 e. The van der Waals surface area contributed by atoms with Crippen molar-refractivity contribution in [2.24, 2.45) is 0 Å². The molecule has 1 aliphatic rings. The third-order valence-corrected chi connectivity index (χ3v) is 4.43. The van der Waals surface area contributed by atoms with Crippen molar-refractivity contribution in [1.29, 1.82) is 0 Å². The first-order valence-electron chi connectivity index (χ1n) is 6.52. The van der Waals surface area contributed by atoms with E-state index in [1.807, 2.05) is 0 Å². The van der Waals surface area contributed by atoms with E-state index >= 15 is 0 Å². The summed E-state index contributed by atoms with van der Waals surface area (Å²) in [5.41, 5.74) is 0. The van der Waals surface area contributed by atoms with Crippen molar-refractivity contribution in [3.05, 3.63) is 0 Å². The summed E-state index contributed by atoms with van der Waals surface area (Å²) in [6.45, 7) is 1.73. The van der Waals surface area contributed by atoms with Crippen LogP contribution in [0, 0.1) is 0 Å². The fourth-order valence-electron chi connectivity index (χ4n) is 2.50. The van der Waals surface area contributed by atoms with Crippen LogP contribution in [0.25, 0.3) is 0 Å². The van der Waals surface area contributed by atoms with E-state index in [0.29, 0.717) is 18.9 Å². The van der Waals surface area contributed by atoms with E-state index in [2.05, 4.69) is 4.90 Å². The van der Waals surface area contributed by atoms with Crippen molar-refractivity contribution >= 4 is 15.8 Å². The molecule has 1 atom stereocenters. The monoisotopic (exact) mass is 277 g/mol. The summed E-state index contributed by atoms with van der Waals surface area (Å²) in [6, 6.07) is 0.314. The number of piperidine rings is 1. The molecule has 0 radical (unpaired) electrons. The van der Waals surface area contributed by atoms with E-state index in [4.69, 9.17) is 5.11 Å². The number of sulfone groups is 1. The van der Waals surface area contributed by atoms with Crippen LogP contribution < -0.4 is 0 Å². The number of carboxylic acid groups (broad SMARTS) is 1. The van der Waals surface area contributed by atoms with Crippen LogP contribution in [0.3, 0.4) is 0 Å². The quantitative estimate of drug-likeness (QED) is 0.755. The lowest BCUT2D eigenvalue weighted by Gasteiger charge is -2.35. The number of carboxylic acids is 1. The van der Waals surface area contributed by atoms with Crippen LogP contribution in [0.2, 0.25) is 0 Å². The van der Waals surface area contributed by atoms with Gasteiger partial charge in [-0.3, -0.25) is 4.79 Å². The zero-order chi connectivity index (χ0) is 13.6. The molecule has 1 aliphatic heterocycles. The van der Waals surface area contributed by atoms with Gasteiger partial charge in [-0.15, -0.1) is 0 Å². The fraction of sp³-hybridized carbons (Fsp3) is 0.917. The average Bonchev–Trinajstić information content (AvgIpc) is 2.26. The summed E-state index contributed by atoms with van der Waals surface area (Å²) in [5.74, 6) is -0.536. The normalized spacial score (nSPS) is 21.9. The third-order valence-electron chi connectivity index (χ3n) is 3.40. The van der Waals surface area contributed by atoms with Crippen LogP contribution in [0.1, 0.15) is 38.5 Å². The lowest BCUT2D eigenvalue weighted by Crippen LogP contribution is -2.40. The Morgan fingerprint density at radius 2 is 2.11 bits per heavy atom. The highest BCUT2D eigenvalue weighted by Crippen LogP contribution is 2.21. The summed E-state index contributed by atoms with van der Waals surface area (Å²) in [5, 5.41) is 8.72. The number of aliphatic carboxylic acids is 1. The van der Waals surface area contributed by atoms with Gasteiger partial charge in [0.25, 0.3) is 0 Å². The van der Waals surface area contributed by atoms with E-state index < -0.39 is 15.8 Å². The highest BCUT2D eigenvalue weighted by Gasteiger charge is 2.22. The Balaban J connectivity index is 2.37. The second-order valence-corrected chi connectivity index (χ2v) is 7.36. The van der Waals surface area contributed by atoms with E-state index in [9.17, 15) is 13.2 Å². The van der Waals surface area contributed by atoms with Crippen LogP contribution in [0.4, 0.5) is 0 Å². The Morgan fingerprint density at radius 1 is 1.39 bits per heavy atom. The second-order valence-electron chi connectivity index (χ2n) is 5.10. The number of carbonyl (C=O) groups is 1. The SMILES string of the molecule is CS(=O)(=O)CCCN1CCCCC1CCC(=O)O. The zero-order valence-corrected chi connectivity index (χ0v) is 11.8. The fourth-order valence-corrected chi connectivity index (χ4v) is 3.15. The van der Waals surface area contributed by atoms with Gasteiger partial charge in [-0.05, 0) is 38.8 Å². The summed E-state index contributed by atoms with van der Waals surface area (Å²) in [6.07, 6.45) is 6.08. The van der Waals surface area contributed by atoms with Gasteiger partial charge < -0.3 is 10.0 Å². The molecule has 1 fully saturated rings. The molecule has 6 heteroatoms. The van der Waals surface area contributed by atoms with E-state index in [1.165, 1.54) is 6.26 Å². The van der Waals surface area contributed by atoms with Gasteiger partial charge >= 0.3 is 5.97 Å². The zero-order valence-electron chi connectivity index (χ0n) is 11.0. The summed E-state index contributed by atoms with van der Waals surface area (Å²) in [4.78, 5) is 12.9. The van der Waals surface area contributed by atoms with E-state index in [0.717, 1.165) is 32.4 Å². The topological polar surface area (TPSA) is 74.7 Å². The number of hydrogen-bond acceptors (Lipinski definition) is 4. The number of nitrogens with zero attached hydrogens (tertiary/aromatic N) is 1. The number of hydrogen-bond donors (Lipinski definition) is 1. The van der Waals surface area contributed by atoms with Crippen LogP contribution in [0.5, 0.6) is 0 Å². The number of rotatable bonds is 7. The Hall–Kier alpha value is -0.620. The lowest BCUT2D eigenvalue weighted by molar-refractivity contribution is -0.137. The summed E-state index contributed by atoms with van der Waals surface area (Å²) < 4.78 is 22.1. The Labute approximate surface area is 109 Å². The molecule has 1 N–H and O–H groups in total. The first-order chi connectivity index (χ1) is 8.38. The minimum atomic E-state index is -2.89. The van der Waals surface area contributed by atoms with Gasteiger partial charge in [0, 0.05) is 18.7 Å². The van der Waals surface area contributed by atoms with Crippen molar-refractivity contribution in [2.45, 2.75) is 44.6 Å². The number of likely N-dealkylation sites (tertiary alicyclic amines) is 1. The van der Waals surface area contributed by atoms with Gasteiger partial charge in [-0.2, -0.15) is 0 Å². The van der Waals surface area contributed by atoms with Gasteiger partial charge in [0.1, 0.15) is 9.84 Å². The van der Waals surface area contributed by atoms with Crippen LogP contribution in [-0.2, 0) is 14.6 Å². The molecule has 0 aromatic carbocycles. The van der Waals surface area contributed by atoms with Crippen molar-refractivity contribution in [2.75, 3.05) is 25.1 Å². The highest BCUT2D eigenvalue weighted by atomic mass is 32.2. The molecule has 1 heterocycles. The molecule has 5 nitrogen and oxygen atoms in total. The van der Waals surface area contributed by atoms with Gasteiger partial charge in [0.2, 0.25) is 0 Å². The molecular formula is C12H23NO4S. The molecule has 18 heavy (non-hydrogen) atoms. The lowest BCUT2D eigenvalue weighted by atomic mass is 9.98. The molecule has 0 amide bonds. The summed E-state index contributed by atoms with van der Waals surface area (Å²) >= 11 is 0. The predicted molar refractivity (Wildman–Crippen MR) is 70.4 cm³/mol. The molecule has 0 aromatic heterocycles. The Morgan fingerprint density at radius 3 is 2.72 bits per heavy atom. The maximum absolute atomic E-state index is 11.1. The second kappa shape index (κ2) is 7.09. The van der Waals surface area contributed by atoms with Gasteiger partial charge in [-0.25, -0.2) is 8.42 Å². The van der Waals surface area contributed by atoms with E-state index in [1.54, 1.807) is 0 Å². The molecule has 0 saturated carbocycles. The molecule has 0 spiro atoms. The molecule has 0 aromatic rings. The molecule has 106 valence electrons. The van der Waals surface area contributed by atoms with Crippen molar-refractivity contribution in [1.82, 2.24) is 4.90 Å².